The lowest BCUT2D eigenvalue weighted by molar-refractivity contribution is -0.122. The smallest absolute Gasteiger partial charge is 0.237 e. The van der Waals surface area contributed by atoms with Crippen LogP contribution in [0.4, 0.5) is 0 Å². The van der Waals surface area contributed by atoms with Gasteiger partial charge in [0.25, 0.3) is 0 Å². The summed E-state index contributed by atoms with van der Waals surface area (Å²) in [5.41, 5.74) is 0. The molecule has 0 aromatic carbocycles. The quantitative estimate of drug-likeness (QED) is 0.612. The molecule has 1 amide bonds. The van der Waals surface area contributed by atoms with E-state index in [-0.39, 0.29) is 11.9 Å². The van der Waals surface area contributed by atoms with Gasteiger partial charge in [0.15, 0.2) is 0 Å². The molecule has 15 heavy (non-hydrogen) atoms. The first-order chi connectivity index (χ1) is 7.34. The number of carbonyl (C=O) groups excluding carboxylic acids is 1. The molecule has 0 bridgehead atoms. The van der Waals surface area contributed by atoms with Crippen molar-refractivity contribution >= 4 is 5.91 Å². The minimum absolute atomic E-state index is 0.0592. The molecule has 0 aliphatic carbocycles. The van der Waals surface area contributed by atoms with Gasteiger partial charge < -0.3 is 15.4 Å². The summed E-state index contributed by atoms with van der Waals surface area (Å²) in [5.74, 6) is 0.166. The molecule has 1 atom stereocenters. The Hall–Kier alpha value is -0.610. The average Bonchev–Trinajstić information content (AvgIpc) is 2.76. The first-order valence-corrected chi connectivity index (χ1v) is 5.84. The van der Waals surface area contributed by atoms with Crippen LogP contribution >= 0.6 is 0 Å². The fourth-order valence-electron chi connectivity index (χ4n) is 1.79. The standard InChI is InChI=1S/C11H22N2O2/c1-15-9-4-2-3-7-13-11(14)10-6-5-8-12-10/h10,12H,2-9H2,1H3,(H,13,14). The summed E-state index contributed by atoms with van der Waals surface area (Å²) in [5, 5.41) is 6.14. The van der Waals surface area contributed by atoms with Gasteiger partial charge in [0, 0.05) is 20.3 Å². The molecule has 4 heteroatoms. The number of rotatable bonds is 7. The zero-order valence-corrected chi connectivity index (χ0v) is 9.55. The van der Waals surface area contributed by atoms with Gasteiger partial charge in [-0.15, -0.1) is 0 Å². The maximum absolute atomic E-state index is 11.5. The molecular weight excluding hydrogens is 192 g/mol. The summed E-state index contributed by atoms with van der Waals surface area (Å²) in [6.07, 6.45) is 5.34. The van der Waals surface area contributed by atoms with Crippen LogP contribution in [0.25, 0.3) is 0 Å². The number of unbranched alkanes of at least 4 members (excludes halogenated alkanes) is 2. The Labute approximate surface area is 91.8 Å². The Balaban J connectivity index is 1.92. The summed E-state index contributed by atoms with van der Waals surface area (Å²) in [6.45, 7) is 2.59. The summed E-state index contributed by atoms with van der Waals surface area (Å²) in [6, 6.07) is 0.0592. The monoisotopic (exact) mass is 214 g/mol. The van der Waals surface area contributed by atoms with E-state index in [0.717, 1.165) is 51.8 Å². The normalized spacial score (nSPS) is 20.5. The van der Waals surface area contributed by atoms with E-state index in [1.54, 1.807) is 7.11 Å². The average molecular weight is 214 g/mol. The highest BCUT2D eigenvalue weighted by atomic mass is 16.5. The molecule has 0 spiro atoms. The van der Waals surface area contributed by atoms with E-state index in [1.807, 2.05) is 0 Å². The largest absolute Gasteiger partial charge is 0.385 e. The van der Waals surface area contributed by atoms with Crippen LogP contribution < -0.4 is 10.6 Å². The first kappa shape index (κ1) is 12.5. The highest BCUT2D eigenvalue weighted by Crippen LogP contribution is 2.04. The second-order valence-corrected chi connectivity index (χ2v) is 3.99. The van der Waals surface area contributed by atoms with Crippen molar-refractivity contribution in [3.8, 4) is 0 Å². The highest BCUT2D eigenvalue weighted by molar-refractivity contribution is 5.81. The number of ether oxygens (including phenoxy) is 1. The van der Waals surface area contributed by atoms with Crippen molar-refractivity contribution in [2.45, 2.75) is 38.1 Å². The zero-order chi connectivity index (χ0) is 10.9. The molecule has 1 rings (SSSR count). The number of hydrogen-bond acceptors (Lipinski definition) is 3. The predicted molar refractivity (Wildman–Crippen MR) is 59.8 cm³/mol. The summed E-state index contributed by atoms with van der Waals surface area (Å²) >= 11 is 0. The topological polar surface area (TPSA) is 50.4 Å². The molecule has 1 aliphatic rings. The molecule has 1 saturated heterocycles. The van der Waals surface area contributed by atoms with Crippen molar-refractivity contribution in [3.05, 3.63) is 0 Å². The first-order valence-electron chi connectivity index (χ1n) is 5.84. The maximum atomic E-state index is 11.5. The molecule has 88 valence electrons. The SMILES string of the molecule is COCCCCCNC(=O)C1CCCN1. The molecular formula is C11H22N2O2. The van der Waals surface area contributed by atoms with E-state index in [4.69, 9.17) is 4.74 Å². The van der Waals surface area contributed by atoms with E-state index in [9.17, 15) is 4.79 Å². The van der Waals surface area contributed by atoms with Gasteiger partial charge in [-0.1, -0.05) is 0 Å². The van der Waals surface area contributed by atoms with E-state index >= 15 is 0 Å². The van der Waals surface area contributed by atoms with Gasteiger partial charge >= 0.3 is 0 Å². The third kappa shape index (κ3) is 5.14. The van der Waals surface area contributed by atoms with Gasteiger partial charge in [-0.3, -0.25) is 4.79 Å². The minimum atomic E-state index is 0.0592. The Morgan fingerprint density at radius 1 is 1.47 bits per heavy atom. The van der Waals surface area contributed by atoms with Gasteiger partial charge in [-0.25, -0.2) is 0 Å². The maximum Gasteiger partial charge on any atom is 0.237 e. The Kier molecular flexibility index (Phi) is 6.36. The Morgan fingerprint density at radius 2 is 2.33 bits per heavy atom. The second-order valence-electron chi connectivity index (χ2n) is 3.99. The highest BCUT2D eigenvalue weighted by Gasteiger charge is 2.20. The summed E-state index contributed by atoms with van der Waals surface area (Å²) < 4.78 is 4.95. The number of nitrogens with one attached hydrogen (secondary N) is 2. The van der Waals surface area contributed by atoms with Crippen molar-refractivity contribution in [2.24, 2.45) is 0 Å². The summed E-state index contributed by atoms with van der Waals surface area (Å²) in [7, 11) is 1.72. The summed E-state index contributed by atoms with van der Waals surface area (Å²) in [4.78, 5) is 11.5. The van der Waals surface area contributed by atoms with E-state index in [0.29, 0.717) is 0 Å². The lowest BCUT2D eigenvalue weighted by atomic mass is 10.2. The van der Waals surface area contributed by atoms with Crippen molar-refractivity contribution < 1.29 is 9.53 Å². The van der Waals surface area contributed by atoms with Gasteiger partial charge in [0.05, 0.1) is 6.04 Å². The fraction of sp³-hybridized carbons (Fsp3) is 0.909. The minimum Gasteiger partial charge on any atom is -0.385 e. The lowest BCUT2D eigenvalue weighted by Gasteiger charge is -2.10. The van der Waals surface area contributed by atoms with Gasteiger partial charge in [0.2, 0.25) is 5.91 Å². The molecule has 1 unspecified atom stereocenters. The fourth-order valence-corrected chi connectivity index (χ4v) is 1.79. The van der Waals surface area contributed by atoms with Crippen LogP contribution in [-0.4, -0.2) is 38.8 Å². The lowest BCUT2D eigenvalue weighted by Crippen LogP contribution is -2.40. The molecule has 1 heterocycles. The molecule has 0 saturated carbocycles. The third-order valence-electron chi connectivity index (χ3n) is 2.70. The van der Waals surface area contributed by atoms with Crippen LogP contribution in [0.3, 0.4) is 0 Å². The molecule has 0 aromatic heterocycles. The third-order valence-corrected chi connectivity index (χ3v) is 2.70. The molecule has 2 N–H and O–H groups in total. The molecule has 0 radical (unpaired) electrons. The van der Waals surface area contributed by atoms with Crippen molar-refractivity contribution in [1.82, 2.24) is 10.6 Å². The molecule has 1 fully saturated rings. The van der Waals surface area contributed by atoms with Crippen LogP contribution in [-0.2, 0) is 9.53 Å². The van der Waals surface area contributed by atoms with E-state index < -0.39 is 0 Å². The van der Waals surface area contributed by atoms with Crippen molar-refractivity contribution in [1.29, 1.82) is 0 Å². The Bertz CT molecular complexity index is 179. The number of amides is 1. The van der Waals surface area contributed by atoms with Crippen LogP contribution in [0.1, 0.15) is 32.1 Å². The van der Waals surface area contributed by atoms with Crippen LogP contribution in [0.2, 0.25) is 0 Å². The van der Waals surface area contributed by atoms with Gasteiger partial charge in [0.1, 0.15) is 0 Å². The second kappa shape index (κ2) is 7.65. The number of methoxy groups -OCH3 is 1. The van der Waals surface area contributed by atoms with Crippen LogP contribution in [0.5, 0.6) is 0 Å². The van der Waals surface area contributed by atoms with Crippen LogP contribution in [0, 0.1) is 0 Å². The van der Waals surface area contributed by atoms with E-state index in [1.165, 1.54) is 0 Å². The van der Waals surface area contributed by atoms with Crippen molar-refractivity contribution in [2.75, 3.05) is 26.8 Å². The molecule has 4 nitrogen and oxygen atoms in total. The molecule has 0 aromatic rings. The Morgan fingerprint density at radius 3 is 3.00 bits per heavy atom. The van der Waals surface area contributed by atoms with Gasteiger partial charge in [-0.05, 0) is 38.6 Å². The predicted octanol–water partition coefficient (Wildman–Crippen LogP) is 0.671. The number of hydrogen-bond donors (Lipinski definition) is 2. The van der Waals surface area contributed by atoms with Crippen molar-refractivity contribution in [3.63, 3.8) is 0 Å². The van der Waals surface area contributed by atoms with Gasteiger partial charge in [-0.2, -0.15) is 0 Å². The molecule has 1 aliphatic heterocycles. The number of carbonyl (C=O) groups is 1. The zero-order valence-electron chi connectivity index (χ0n) is 9.55. The van der Waals surface area contributed by atoms with Crippen LogP contribution in [0.15, 0.2) is 0 Å². The van der Waals surface area contributed by atoms with E-state index in [2.05, 4.69) is 10.6 Å².